The van der Waals surface area contributed by atoms with Crippen molar-refractivity contribution < 1.29 is 4.79 Å². The van der Waals surface area contributed by atoms with Gasteiger partial charge in [0.05, 0.1) is 0 Å². The molecule has 0 bridgehead atoms. The van der Waals surface area contributed by atoms with Gasteiger partial charge in [0.25, 0.3) is 5.91 Å². The van der Waals surface area contributed by atoms with E-state index in [4.69, 9.17) is 11.6 Å². The summed E-state index contributed by atoms with van der Waals surface area (Å²) in [6, 6.07) is 14.0. The number of amides is 1. The number of nitrogens with zero attached hydrogens (tertiary/aromatic N) is 2. The lowest BCUT2D eigenvalue weighted by Crippen LogP contribution is -2.49. The number of hydrogen-bond donors (Lipinski definition) is 0. The summed E-state index contributed by atoms with van der Waals surface area (Å²) in [5, 5.41) is 0. The van der Waals surface area contributed by atoms with Crippen molar-refractivity contribution in [3.63, 3.8) is 0 Å². The number of carbonyl (C=O) groups is 1. The molecule has 0 saturated carbocycles. The normalized spacial score (nSPS) is 14.8. The smallest absolute Gasteiger partial charge is 0.253 e. The SMILES string of the molecule is Cc1cccc(N2CCN(C(=O)c3cccc(CCl)c3)CC2)c1C. The molecule has 2 aromatic rings. The van der Waals surface area contributed by atoms with Gasteiger partial charge in [-0.1, -0.05) is 24.3 Å². The maximum atomic E-state index is 12.7. The predicted octanol–water partition coefficient (Wildman–Crippen LogP) is 4.00. The molecule has 3 rings (SSSR count). The van der Waals surface area contributed by atoms with Crippen LogP contribution in [-0.2, 0) is 5.88 Å². The lowest BCUT2D eigenvalue weighted by Gasteiger charge is -2.37. The molecule has 1 fully saturated rings. The molecule has 0 atom stereocenters. The third-order valence-electron chi connectivity index (χ3n) is 4.81. The summed E-state index contributed by atoms with van der Waals surface area (Å²) in [6.07, 6.45) is 0. The molecule has 1 aliphatic heterocycles. The number of hydrogen-bond acceptors (Lipinski definition) is 2. The maximum Gasteiger partial charge on any atom is 0.253 e. The van der Waals surface area contributed by atoms with Gasteiger partial charge in [0.1, 0.15) is 0 Å². The van der Waals surface area contributed by atoms with E-state index in [-0.39, 0.29) is 5.91 Å². The highest BCUT2D eigenvalue weighted by molar-refractivity contribution is 6.17. The van der Waals surface area contributed by atoms with Crippen LogP contribution in [0, 0.1) is 13.8 Å². The van der Waals surface area contributed by atoms with Crippen LogP contribution >= 0.6 is 11.6 Å². The Bertz CT molecular complexity index is 736. The van der Waals surface area contributed by atoms with Gasteiger partial charge in [0, 0.05) is 43.3 Å². The maximum absolute atomic E-state index is 12.7. The van der Waals surface area contributed by atoms with E-state index in [1.54, 1.807) is 0 Å². The van der Waals surface area contributed by atoms with Crippen LogP contribution in [0.25, 0.3) is 0 Å². The van der Waals surface area contributed by atoms with Crippen LogP contribution in [0.2, 0.25) is 0 Å². The van der Waals surface area contributed by atoms with Crippen molar-refractivity contribution in [3.05, 3.63) is 64.7 Å². The first-order valence-corrected chi connectivity index (χ1v) is 8.89. The molecule has 0 N–H and O–H groups in total. The lowest BCUT2D eigenvalue weighted by molar-refractivity contribution is 0.0746. The van der Waals surface area contributed by atoms with Gasteiger partial charge in [0.15, 0.2) is 0 Å². The fourth-order valence-electron chi connectivity index (χ4n) is 3.20. The van der Waals surface area contributed by atoms with Gasteiger partial charge in [-0.25, -0.2) is 0 Å². The molecule has 1 aliphatic rings. The summed E-state index contributed by atoms with van der Waals surface area (Å²) in [7, 11) is 0. The fraction of sp³-hybridized carbons (Fsp3) is 0.350. The molecule has 1 amide bonds. The van der Waals surface area contributed by atoms with Gasteiger partial charge in [-0.05, 0) is 48.7 Å². The molecule has 0 unspecified atom stereocenters. The highest BCUT2D eigenvalue weighted by atomic mass is 35.5. The number of rotatable bonds is 3. The van der Waals surface area contributed by atoms with E-state index in [0.29, 0.717) is 5.88 Å². The summed E-state index contributed by atoms with van der Waals surface area (Å²) >= 11 is 5.87. The molecule has 24 heavy (non-hydrogen) atoms. The van der Waals surface area contributed by atoms with Crippen LogP contribution in [0.1, 0.15) is 27.0 Å². The van der Waals surface area contributed by atoms with E-state index in [1.165, 1.54) is 16.8 Å². The standard InChI is InChI=1S/C20H23ClN2O/c1-15-5-3-8-19(16(15)2)22-9-11-23(12-10-22)20(24)18-7-4-6-17(13-18)14-21/h3-8,13H,9-12,14H2,1-2H3. The second-order valence-electron chi connectivity index (χ2n) is 6.33. The third kappa shape index (κ3) is 3.41. The molecule has 4 heteroatoms. The molecular weight excluding hydrogens is 320 g/mol. The van der Waals surface area contributed by atoms with E-state index in [1.807, 2.05) is 29.2 Å². The molecule has 126 valence electrons. The van der Waals surface area contributed by atoms with Crippen LogP contribution < -0.4 is 4.90 Å². The summed E-state index contributed by atoms with van der Waals surface area (Å²) < 4.78 is 0. The van der Waals surface area contributed by atoms with Crippen molar-refractivity contribution in [1.82, 2.24) is 4.90 Å². The Morgan fingerprint density at radius 1 is 1.04 bits per heavy atom. The van der Waals surface area contributed by atoms with Crippen LogP contribution in [0.3, 0.4) is 0 Å². The number of anilines is 1. The molecule has 0 aliphatic carbocycles. The number of halogens is 1. The lowest BCUT2D eigenvalue weighted by atomic mass is 10.1. The summed E-state index contributed by atoms with van der Waals surface area (Å²) in [5.74, 6) is 0.532. The van der Waals surface area contributed by atoms with Crippen LogP contribution in [0.5, 0.6) is 0 Å². The van der Waals surface area contributed by atoms with E-state index in [0.717, 1.165) is 37.3 Å². The van der Waals surface area contributed by atoms with Crippen molar-refractivity contribution in [2.24, 2.45) is 0 Å². The Hall–Kier alpha value is -2.00. The van der Waals surface area contributed by atoms with Gasteiger partial charge in [-0.2, -0.15) is 0 Å². The first kappa shape index (κ1) is 16.8. The first-order valence-electron chi connectivity index (χ1n) is 8.35. The van der Waals surface area contributed by atoms with E-state index in [2.05, 4.69) is 36.9 Å². The van der Waals surface area contributed by atoms with Crippen molar-refractivity contribution >= 4 is 23.2 Å². The average molecular weight is 343 g/mol. The topological polar surface area (TPSA) is 23.6 Å². The molecule has 0 aromatic heterocycles. The summed E-state index contributed by atoms with van der Waals surface area (Å²) in [4.78, 5) is 17.0. The van der Waals surface area contributed by atoms with Gasteiger partial charge >= 0.3 is 0 Å². The molecule has 0 spiro atoms. The first-order chi connectivity index (χ1) is 11.6. The Kier molecular flexibility index (Phi) is 5.10. The van der Waals surface area contributed by atoms with Crippen molar-refractivity contribution in [3.8, 4) is 0 Å². The van der Waals surface area contributed by atoms with E-state index < -0.39 is 0 Å². The molecule has 2 aromatic carbocycles. The van der Waals surface area contributed by atoms with Crippen molar-refractivity contribution in [2.75, 3.05) is 31.1 Å². The highest BCUT2D eigenvalue weighted by Crippen LogP contribution is 2.24. The highest BCUT2D eigenvalue weighted by Gasteiger charge is 2.23. The number of alkyl halides is 1. The zero-order valence-corrected chi connectivity index (χ0v) is 15.0. The van der Waals surface area contributed by atoms with E-state index >= 15 is 0 Å². The molecular formula is C20H23ClN2O. The monoisotopic (exact) mass is 342 g/mol. The minimum atomic E-state index is 0.0996. The van der Waals surface area contributed by atoms with Crippen LogP contribution in [0.15, 0.2) is 42.5 Å². The van der Waals surface area contributed by atoms with Gasteiger partial charge in [-0.3, -0.25) is 4.79 Å². The number of carbonyl (C=O) groups excluding carboxylic acids is 1. The number of aryl methyl sites for hydroxylation is 1. The quantitative estimate of drug-likeness (QED) is 0.787. The zero-order chi connectivity index (χ0) is 17.1. The Balaban J connectivity index is 1.68. The van der Waals surface area contributed by atoms with Gasteiger partial charge in [-0.15, -0.1) is 11.6 Å². The van der Waals surface area contributed by atoms with Gasteiger partial charge in [0.2, 0.25) is 0 Å². The minimum Gasteiger partial charge on any atom is -0.368 e. The zero-order valence-electron chi connectivity index (χ0n) is 14.3. The molecule has 0 radical (unpaired) electrons. The van der Waals surface area contributed by atoms with Crippen LogP contribution in [-0.4, -0.2) is 37.0 Å². The Morgan fingerprint density at radius 3 is 2.46 bits per heavy atom. The second kappa shape index (κ2) is 7.27. The number of benzene rings is 2. The van der Waals surface area contributed by atoms with Crippen molar-refractivity contribution in [2.45, 2.75) is 19.7 Å². The van der Waals surface area contributed by atoms with Crippen molar-refractivity contribution in [1.29, 1.82) is 0 Å². The van der Waals surface area contributed by atoms with Gasteiger partial charge < -0.3 is 9.80 Å². The Labute approximate surface area is 148 Å². The molecule has 1 heterocycles. The van der Waals surface area contributed by atoms with E-state index in [9.17, 15) is 4.79 Å². The summed E-state index contributed by atoms with van der Waals surface area (Å²) in [6.45, 7) is 7.54. The molecule has 3 nitrogen and oxygen atoms in total. The summed E-state index contributed by atoms with van der Waals surface area (Å²) in [5.41, 5.74) is 5.63. The fourth-order valence-corrected chi connectivity index (χ4v) is 3.36. The minimum absolute atomic E-state index is 0.0996. The molecule has 1 saturated heterocycles. The Morgan fingerprint density at radius 2 is 1.75 bits per heavy atom. The average Bonchev–Trinajstić information content (AvgIpc) is 2.63. The second-order valence-corrected chi connectivity index (χ2v) is 6.60. The predicted molar refractivity (Wildman–Crippen MR) is 100 cm³/mol. The third-order valence-corrected chi connectivity index (χ3v) is 5.12. The largest absolute Gasteiger partial charge is 0.368 e. The number of piperazine rings is 1. The van der Waals surface area contributed by atoms with Crippen LogP contribution in [0.4, 0.5) is 5.69 Å².